The highest BCUT2D eigenvalue weighted by Gasteiger charge is 2.01. The van der Waals surface area contributed by atoms with E-state index in [2.05, 4.69) is 32.6 Å². The Kier molecular flexibility index (Phi) is 4.91. The van der Waals surface area contributed by atoms with E-state index in [-0.39, 0.29) is 0 Å². The first-order chi connectivity index (χ1) is 9.28. The zero-order valence-corrected chi connectivity index (χ0v) is 11.9. The Morgan fingerprint density at radius 3 is 3.00 bits per heavy atom. The van der Waals surface area contributed by atoms with E-state index in [1.807, 2.05) is 23.1 Å². The number of thiazole rings is 1. The van der Waals surface area contributed by atoms with Gasteiger partial charge in [0.05, 0.1) is 13.1 Å². The number of rotatable bonds is 5. The first-order valence-corrected chi connectivity index (χ1v) is 6.93. The summed E-state index contributed by atoms with van der Waals surface area (Å²) in [6.07, 6.45) is 5.60. The molecule has 0 unspecified atom stereocenters. The lowest BCUT2D eigenvalue weighted by Crippen LogP contribution is -2.38. The minimum atomic E-state index is 0.694. The zero-order chi connectivity index (χ0) is 13.5. The number of hydrogen-bond donors (Lipinski definition) is 2. The van der Waals surface area contributed by atoms with Crippen molar-refractivity contribution in [2.45, 2.75) is 20.0 Å². The van der Waals surface area contributed by atoms with E-state index in [9.17, 15) is 0 Å². The molecule has 2 aromatic rings. The van der Waals surface area contributed by atoms with E-state index >= 15 is 0 Å². The summed E-state index contributed by atoms with van der Waals surface area (Å²) in [4.78, 5) is 9.69. The van der Waals surface area contributed by atoms with E-state index in [1.165, 1.54) is 4.88 Å². The molecule has 6 nitrogen and oxygen atoms in total. The smallest absolute Gasteiger partial charge is 0.191 e. The predicted molar refractivity (Wildman–Crippen MR) is 77.3 cm³/mol. The van der Waals surface area contributed by atoms with Crippen molar-refractivity contribution in [2.24, 2.45) is 4.99 Å². The Morgan fingerprint density at radius 2 is 2.37 bits per heavy atom. The van der Waals surface area contributed by atoms with Crippen LogP contribution in [0.15, 0.2) is 29.6 Å². The summed E-state index contributed by atoms with van der Waals surface area (Å²) in [5, 5.41) is 11.7. The molecule has 2 rings (SSSR count). The normalized spacial score (nSPS) is 11.6. The van der Waals surface area contributed by atoms with Crippen molar-refractivity contribution >= 4 is 17.3 Å². The van der Waals surface area contributed by atoms with Crippen LogP contribution in [0.25, 0.3) is 0 Å². The van der Waals surface area contributed by atoms with Crippen LogP contribution in [0.5, 0.6) is 0 Å². The Morgan fingerprint density at radius 1 is 1.47 bits per heavy atom. The maximum absolute atomic E-state index is 4.30. The number of nitrogens with one attached hydrogen (secondary N) is 2. The number of guanidine groups is 1. The largest absolute Gasteiger partial charge is 0.355 e. The Labute approximate surface area is 116 Å². The zero-order valence-electron chi connectivity index (χ0n) is 11.1. The van der Waals surface area contributed by atoms with Crippen molar-refractivity contribution in [2.75, 3.05) is 13.6 Å². The average molecular weight is 278 g/mol. The first-order valence-electron chi connectivity index (χ1n) is 6.11. The van der Waals surface area contributed by atoms with Gasteiger partial charge in [-0.1, -0.05) is 0 Å². The van der Waals surface area contributed by atoms with Crippen molar-refractivity contribution in [1.29, 1.82) is 0 Å². The maximum Gasteiger partial charge on any atom is 0.191 e. The molecule has 0 saturated heterocycles. The molecule has 0 radical (unpaired) electrons. The van der Waals surface area contributed by atoms with Crippen molar-refractivity contribution in [3.05, 3.63) is 34.5 Å². The molecule has 19 heavy (non-hydrogen) atoms. The third-order valence-electron chi connectivity index (χ3n) is 2.49. The van der Waals surface area contributed by atoms with Gasteiger partial charge in [-0.3, -0.25) is 9.67 Å². The molecule has 2 N–H and O–H groups in total. The average Bonchev–Trinajstić information content (AvgIpc) is 3.05. The number of aliphatic imine (C=N–C) groups is 1. The van der Waals surface area contributed by atoms with Crippen LogP contribution in [0.2, 0.25) is 0 Å². The second-order valence-corrected chi connectivity index (χ2v) is 5.31. The van der Waals surface area contributed by atoms with E-state index in [0.29, 0.717) is 6.54 Å². The minimum absolute atomic E-state index is 0.694. The van der Waals surface area contributed by atoms with Crippen LogP contribution in [0, 0.1) is 6.92 Å². The Bertz CT molecular complexity index is 516. The van der Waals surface area contributed by atoms with Gasteiger partial charge < -0.3 is 10.6 Å². The summed E-state index contributed by atoms with van der Waals surface area (Å²) in [6.45, 7) is 4.33. The molecule has 0 amide bonds. The van der Waals surface area contributed by atoms with Crippen LogP contribution in [0.4, 0.5) is 0 Å². The fraction of sp³-hybridized carbons (Fsp3) is 0.417. The topological polar surface area (TPSA) is 67.1 Å². The van der Waals surface area contributed by atoms with E-state index in [0.717, 1.165) is 24.1 Å². The van der Waals surface area contributed by atoms with Crippen LogP contribution in [0.1, 0.15) is 9.88 Å². The van der Waals surface area contributed by atoms with Gasteiger partial charge >= 0.3 is 0 Å². The quantitative estimate of drug-likeness (QED) is 0.633. The van der Waals surface area contributed by atoms with Crippen molar-refractivity contribution < 1.29 is 0 Å². The summed E-state index contributed by atoms with van der Waals surface area (Å²) in [6, 6.07) is 1.91. The van der Waals surface area contributed by atoms with Crippen LogP contribution in [-0.2, 0) is 13.1 Å². The third kappa shape index (κ3) is 4.36. The summed E-state index contributed by atoms with van der Waals surface area (Å²) >= 11 is 1.69. The number of hydrogen-bond acceptors (Lipinski definition) is 4. The standard InChI is InChI=1S/C12H18N6S/c1-10-8-15-11(19-10)9-16-12(13-2)14-5-7-18-6-3-4-17-18/h3-4,6,8H,5,7,9H2,1-2H3,(H2,13,14,16). The molecule has 0 atom stereocenters. The molecule has 7 heteroatoms. The fourth-order valence-corrected chi connectivity index (χ4v) is 2.31. The molecule has 0 saturated carbocycles. The first kappa shape index (κ1) is 13.5. The van der Waals surface area contributed by atoms with Crippen molar-refractivity contribution in [3.63, 3.8) is 0 Å². The molecule has 0 spiro atoms. The lowest BCUT2D eigenvalue weighted by atomic mass is 10.6. The lowest BCUT2D eigenvalue weighted by Gasteiger charge is -2.10. The van der Waals surface area contributed by atoms with Crippen molar-refractivity contribution in [1.82, 2.24) is 25.4 Å². The Balaban J connectivity index is 1.71. The monoisotopic (exact) mass is 278 g/mol. The van der Waals surface area contributed by atoms with Gasteiger partial charge in [-0.2, -0.15) is 5.10 Å². The summed E-state index contributed by atoms with van der Waals surface area (Å²) < 4.78 is 1.88. The highest BCUT2D eigenvalue weighted by molar-refractivity contribution is 7.11. The van der Waals surface area contributed by atoms with Gasteiger partial charge in [-0.25, -0.2) is 4.98 Å². The summed E-state index contributed by atoms with van der Waals surface area (Å²) in [7, 11) is 1.76. The minimum Gasteiger partial charge on any atom is -0.355 e. The summed E-state index contributed by atoms with van der Waals surface area (Å²) in [5.41, 5.74) is 0. The molecule has 0 bridgehead atoms. The van der Waals surface area contributed by atoms with Gasteiger partial charge in [-0.05, 0) is 13.0 Å². The molecule has 0 fully saturated rings. The SMILES string of the molecule is CN=C(NCCn1cccn1)NCc1ncc(C)s1. The van der Waals surface area contributed by atoms with Gasteiger partial charge in [0.15, 0.2) is 5.96 Å². The Hall–Kier alpha value is -1.89. The van der Waals surface area contributed by atoms with E-state index < -0.39 is 0 Å². The molecule has 102 valence electrons. The molecular weight excluding hydrogens is 260 g/mol. The predicted octanol–water partition coefficient (Wildman–Crippen LogP) is 1.01. The van der Waals surface area contributed by atoms with Gasteiger partial charge in [0.2, 0.25) is 0 Å². The lowest BCUT2D eigenvalue weighted by molar-refractivity contribution is 0.597. The number of aryl methyl sites for hydroxylation is 1. The second kappa shape index (κ2) is 6.89. The number of aromatic nitrogens is 3. The number of nitrogens with zero attached hydrogens (tertiary/aromatic N) is 4. The fourth-order valence-electron chi connectivity index (χ4n) is 1.58. The van der Waals surface area contributed by atoms with Crippen LogP contribution < -0.4 is 10.6 Å². The molecule has 0 aliphatic heterocycles. The summed E-state index contributed by atoms with van der Waals surface area (Å²) in [5.74, 6) is 0.778. The molecule has 0 aromatic carbocycles. The van der Waals surface area contributed by atoms with Gasteiger partial charge in [0.25, 0.3) is 0 Å². The highest BCUT2D eigenvalue weighted by atomic mass is 32.1. The third-order valence-corrected chi connectivity index (χ3v) is 3.41. The van der Waals surface area contributed by atoms with Gasteiger partial charge in [-0.15, -0.1) is 11.3 Å². The molecule has 0 aliphatic rings. The molecular formula is C12H18N6S. The molecule has 0 aliphatic carbocycles. The van der Waals surface area contributed by atoms with Gasteiger partial charge in [0.1, 0.15) is 5.01 Å². The van der Waals surface area contributed by atoms with Crippen LogP contribution in [-0.4, -0.2) is 34.3 Å². The van der Waals surface area contributed by atoms with E-state index in [4.69, 9.17) is 0 Å². The highest BCUT2D eigenvalue weighted by Crippen LogP contribution is 2.10. The van der Waals surface area contributed by atoms with Crippen molar-refractivity contribution in [3.8, 4) is 0 Å². The molecule has 2 aromatic heterocycles. The second-order valence-electron chi connectivity index (χ2n) is 3.99. The maximum atomic E-state index is 4.30. The van der Waals surface area contributed by atoms with Gasteiger partial charge in [0, 0.05) is 37.1 Å². The molecule has 2 heterocycles. The van der Waals surface area contributed by atoms with Crippen LogP contribution in [0.3, 0.4) is 0 Å². The van der Waals surface area contributed by atoms with E-state index in [1.54, 1.807) is 24.6 Å². The van der Waals surface area contributed by atoms with Crippen LogP contribution >= 0.6 is 11.3 Å².